The lowest BCUT2D eigenvalue weighted by Gasteiger charge is -2.39. The highest BCUT2D eigenvalue weighted by Gasteiger charge is 2.33. The van der Waals surface area contributed by atoms with E-state index in [4.69, 9.17) is 4.74 Å². The number of methoxy groups -OCH3 is 1. The van der Waals surface area contributed by atoms with Gasteiger partial charge in [-0.3, -0.25) is 9.89 Å². The summed E-state index contributed by atoms with van der Waals surface area (Å²) in [6.45, 7) is 5.35. The minimum absolute atomic E-state index is 0.00738. The van der Waals surface area contributed by atoms with Gasteiger partial charge in [-0.2, -0.15) is 5.10 Å². The van der Waals surface area contributed by atoms with Crippen LogP contribution in [0.5, 0.6) is 0 Å². The molecule has 3 heterocycles. The molecule has 0 spiro atoms. The fourth-order valence-electron chi connectivity index (χ4n) is 2.86. The van der Waals surface area contributed by atoms with Crippen LogP contribution in [0.15, 0.2) is 12.3 Å². The summed E-state index contributed by atoms with van der Waals surface area (Å²) in [7, 11) is 1.70. The molecule has 0 bridgehead atoms. The van der Waals surface area contributed by atoms with Gasteiger partial charge < -0.3 is 9.64 Å². The van der Waals surface area contributed by atoms with E-state index in [1.807, 2.05) is 24.8 Å². The number of aromatic amines is 1. The van der Waals surface area contributed by atoms with Crippen LogP contribution < -0.4 is 0 Å². The minimum Gasteiger partial charge on any atom is -0.377 e. The first kappa shape index (κ1) is 14.0. The van der Waals surface area contributed by atoms with Crippen molar-refractivity contribution in [1.29, 1.82) is 0 Å². The van der Waals surface area contributed by atoms with E-state index in [2.05, 4.69) is 15.2 Å². The van der Waals surface area contributed by atoms with E-state index in [0.717, 1.165) is 30.5 Å². The van der Waals surface area contributed by atoms with Crippen LogP contribution in [0.2, 0.25) is 0 Å². The SMILES string of the molecule is COC1(C)CCCN(C(=O)c2cnc3n[nH]c(C)c3c2)C1. The van der Waals surface area contributed by atoms with E-state index in [-0.39, 0.29) is 11.5 Å². The van der Waals surface area contributed by atoms with Crippen molar-refractivity contribution in [2.75, 3.05) is 20.2 Å². The van der Waals surface area contributed by atoms with Gasteiger partial charge in [0.2, 0.25) is 0 Å². The van der Waals surface area contributed by atoms with E-state index in [9.17, 15) is 4.79 Å². The number of carbonyl (C=O) groups is 1. The lowest BCUT2D eigenvalue weighted by Crippen LogP contribution is -2.49. The number of rotatable bonds is 2. The van der Waals surface area contributed by atoms with Gasteiger partial charge in [-0.15, -0.1) is 0 Å². The topological polar surface area (TPSA) is 71.1 Å². The van der Waals surface area contributed by atoms with Gasteiger partial charge in [0.25, 0.3) is 5.91 Å². The number of nitrogens with one attached hydrogen (secondary N) is 1. The Morgan fingerprint density at radius 1 is 1.52 bits per heavy atom. The molecule has 3 rings (SSSR count). The fraction of sp³-hybridized carbons (Fsp3) is 0.533. The molecule has 0 saturated carbocycles. The molecule has 1 aliphatic heterocycles. The third kappa shape index (κ3) is 2.51. The zero-order valence-electron chi connectivity index (χ0n) is 12.6. The van der Waals surface area contributed by atoms with Gasteiger partial charge in [0, 0.05) is 37.5 Å². The second-order valence-electron chi connectivity index (χ2n) is 5.93. The maximum atomic E-state index is 12.7. The predicted molar refractivity (Wildman–Crippen MR) is 79.2 cm³/mol. The van der Waals surface area contributed by atoms with Crippen molar-refractivity contribution in [1.82, 2.24) is 20.1 Å². The summed E-state index contributed by atoms with van der Waals surface area (Å²) >= 11 is 0. The van der Waals surface area contributed by atoms with Crippen LogP contribution >= 0.6 is 0 Å². The number of piperidine rings is 1. The molecule has 1 N–H and O–H groups in total. The number of nitrogens with zero attached hydrogens (tertiary/aromatic N) is 3. The molecule has 0 aliphatic carbocycles. The van der Waals surface area contributed by atoms with Gasteiger partial charge in [0.05, 0.1) is 11.2 Å². The van der Waals surface area contributed by atoms with Crippen LogP contribution in [0.25, 0.3) is 11.0 Å². The Labute approximate surface area is 123 Å². The molecule has 2 aromatic heterocycles. The van der Waals surface area contributed by atoms with Gasteiger partial charge in [-0.25, -0.2) is 4.98 Å². The van der Waals surface area contributed by atoms with Crippen molar-refractivity contribution < 1.29 is 9.53 Å². The number of hydrogen-bond donors (Lipinski definition) is 1. The fourth-order valence-corrected chi connectivity index (χ4v) is 2.86. The Morgan fingerprint density at radius 2 is 2.33 bits per heavy atom. The van der Waals surface area contributed by atoms with Crippen molar-refractivity contribution in [3.63, 3.8) is 0 Å². The molecular weight excluding hydrogens is 268 g/mol. The lowest BCUT2D eigenvalue weighted by atomic mass is 9.94. The molecule has 6 nitrogen and oxygen atoms in total. The molecule has 1 fully saturated rings. The highest BCUT2D eigenvalue weighted by molar-refractivity contribution is 5.97. The van der Waals surface area contributed by atoms with E-state index in [0.29, 0.717) is 17.8 Å². The van der Waals surface area contributed by atoms with Crippen molar-refractivity contribution in [3.8, 4) is 0 Å². The quantitative estimate of drug-likeness (QED) is 0.916. The third-order valence-corrected chi connectivity index (χ3v) is 4.29. The number of likely N-dealkylation sites (tertiary alicyclic amines) is 1. The van der Waals surface area contributed by atoms with E-state index in [1.165, 1.54) is 0 Å². The second-order valence-corrected chi connectivity index (χ2v) is 5.93. The van der Waals surface area contributed by atoms with Gasteiger partial charge in [0.1, 0.15) is 0 Å². The molecule has 1 atom stereocenters. The third-order valence-electron chi connectivity index (χ3n) is 4.29. The molecule has 6 heteroatoms. The lowest BCUT2D eigenvalue weighted by molar-refractivity contribution is -0.0440. The minimum atomic E-state index is -0.253. The summed E-state index contributed by atoms with van der Waals surface area (Å²) in [6.07, 6.45) is 3.53. The number of fused-ring (bicyclic) bond motifs is 1. The van der Waals surface area contributed by atoms with E-state index < -0.39 is 0 Å². The average Bonchev–Trinajstić information content (AvgIpc) is 2.87. The molecule has 0 aromatic carbocycles. The number of carbonyl (C=O) groups excluding carboxylic acids is 1. The first-order chi connectivity index (χ1) is 10.0. The summed E-state index contributed by atoms with van der Waals surface area (Å²) in [5, 5.41) is 7.87. The summed E-state index contributed by atoms with van der Waals surface area (Å²) in [6, 6.07) is 1.86. The molecule has 2 aromatic rings. The predicted octanol–water partition coefficient (Wildman–Crippen LogP) is 1.91. The number of ether oxygens (including phenoxy) is 1. The Balaban J connectivity index is 1.87. The first-order valence-corrected chi connectivity index (χ1v) is 7.17. The van der Waals surface area contributed by atoms with Crippen LogP contribution in [0.4, 0.5) is 0 Å². The molecule has 1 saturated heterocycles. The largest absolute Gasteiger partial charge is 0.377 e. The zero-order valence-corrected chi connectivity index (χ0v) is 12.6. The van der Waals surface area contributed by atoms with Crippen LogP contribution in [-0.2, 0) is 4.74 Å². The van der Waals surface area contributed by atoms with Gasteiger partial charge in [-0.1, -0.05) is 0 Å². The maximum absolute atomic E-state index is 12.7. The van der Waals surface area contributed by atoms with E-state index >= 15 is 0 Å². The van der Waals surface area contributed by atoms with Crippen LogP contribution in [0, 0.1) is 6.92 Å². The molecule has 1 amide bonds. The summed E-state index contributed by atoms with van der Waals surface area (Å²) in [5.74, 6) is 0.00738. The van der Waals surface area contributed by atoms with Crippen molar-refractivity contribution in [2.45, 2.75) is 32.3 Å². The summed E-state index contributed by atoms with van der Waals surface area (Å²) in [5.41, 5.74) is 1.92. The number of aryl methyl sites for hydroxylation is 1. The maximum Gasteiger partial charge on any atom is 0.255 e. The molecule has 0 radical (unpaired) electrons. The standard InChI is InChI=1S/C15H20N4O2/c1-10-12-7-11(8-16-13(12)18-17-10)14(20)19-6-4-5-15(2,9-19)21-3/h7-8H,4-6,9H2,1-3H3,(H,16,17,18). The number of amides is 1. The van der Waals surface area contributed by atoms with Gasteiger partial charge in [0.15, 0.2) is 5.65 Å². The van der Waals surface area contributed by atoms with Crippen LogP contribution in [-0.4, -0.2) is 51.8 Å². The van der Waals surface area contributed by atoms with Gasteiger partial charge in [-0.05, 0) is 32.8 Å². The van der Waals surface area contributed by atoms with E-state index in [1.54, 1.807) is 13.3 Å². The Hall–Kier alpha value is -1.95. The Kier molecular flexibility index (Phi) is 3.41. The summed E-state index contributed by atoms with van der Waals surface area (Å²) < 4.78 is 5.55. The van der Waals surface area contributed by atoms with Crippen molar-refractivity contribution in [3.05, 3.63) is 23.5 Å². The normalized spacial score (nSPS) is 22.7. The number of pyridine rings is 1. The van der Waals surface area contributed by atoms with Crippen molar-refractivity contribution >= 4 is 16.9 Å². The molecule has 21 heavy (non-hydrogen) atoms. The number of aromatic nitrogens is 3. The molecule has 1 unspecified atom stereocenters. The highest BCUT2D eigenvalue weighted by Crippen LogP contribution is 2.25. The monoisotopic (exact) mass is 288 g/mol. The Morgan fingerprint density at radius 3 is 3.10 bits per heavy atom. The molecular formula is C15H20N4O2. The Bertz CT molecular complexity index is 681. The van der Waals surface area contributed by atoms with Crippen LogP contribution in [0.1, 0.15) is 35.8 Å². The smallest absolute Gasteiger partial charge is 0.255 e. The first-order valence-electron chi connectivity index (χ1n) is 7.17. The second kappa shape index (κ2) is 5.11. The number of H-pyrrole nitrogens is 1. The average molecular weight is 288 g/mol. The van der Waals surface area contributed by atoms with Crippen LogP contribution in [0.3, 0.4) is 0 Å². The zero-order chi connectivity index (χ0) is 15.0. The van der Waals surface area contributed by atoms with Crippen molar-refractivity contribution in [2.24, 2.45) is 0 Å². The highest BCUT2D eigenvalue weighted by atomic mass is 16.5. The molecule has 1 aliphatic rings. The molecule has 112 valence electrons. The number of hydrogen-bond acceptors (Lipinski definition) is 4. The van der Waals surface area contributed by atoms with Gasteiger partial charge >= 0.3 is 0 Å². The summed E-state index contributed by atoms with van der Waals surface area (Å²) in [4.78, 5) is 18.8.